The van der Waals surface area contributed by atoms with Crippen molar-refractivity contribution in [2.75, 3.05) is 57.4 Å². The van der Waals surface area contributed by atoms with Crippen molar-refractivity contribution >= 4 is 17.5 Å². The molecule has 8 heteroatoms. The van der Waals surface area contributed by atoms with E-state index in [0.29, 0.717) is 26.3 Å². The van der Waals surface area contributed by atoms with E-state index < -0.39 is 11.8 Å². The fourth-order valence-corrected chi connectivity index (χ4v) is 4.04. The van der Waals surface area contributed by atoms with E-state index >= 15 is 0 Å². The molecule has 160 valence electrons. The maximum atomic E-state index is 12.4. The van der Waals surface area contributed by atoms with Crippen molar-refractivity contribution < 1.29 is 18.7 Å². The van der Waals surface area contributed by atoms with Crippen molar-refractivity contribution in [1.29, 1.82) is 0 Å². The first kappa shape index (κ1) is 20.4. The Balaban J connectivity index is 1.31. The molecule has 1 saturated heterocycles. The van der Waals surface area contributed by atoms with Crippen LogP contribution in [0.5, 0.6) is 0 Å². The molecule has 8 nitrogen and oxygen atoms in total. The molecule has 0 aliphatic carbocycles. The molecule has 2 N–H and O–H groups in total. The highest BCUT2D eigenvalue weighted by atomic mass is 16.5. The summed E-state index contributed by atoms with van der Waals surface area (Å²) in [5.41, 5.74) is 2.42. The van der Waals surface area contributed by atoms with Crippen LogP contribution in [0.3, 0.4) is 0 Å². The van der Waals surface area contributed by atoms with Gasteiger partial charge in [0.1, 0.15) is 11.8 Å². The van der Waals surface area contributed by atoms with Crippen LogP contribution in [0.15, 0.2) is 47.1 Å². The van der Waals surface area contributed by atoms with Gasteiger partial charge in [-0.2, -0.15) is 0 Å². The predicted molar refractivity (Wildman–Crippen MR) is 112 cm³/mol. The summed E-state index contributed by atoms with van der Waals surface area (Å²) in [4.78, 5) is 29.0. The fourth-order valence-electron chi connectivity index (χ4n) is 4.04. The van der Waals surface area contributed by atoms with Crippen molar-refractivity contribution in [2.45, 2.75) is 12.5 Å². The third kappa shape index (κ3) is 4.83. The second-order valence-corrected chi connectivity index (χ2v) is 7.52. The molecule has 0 radical (unpaired) electrons. The van der Waals surface area contributed by atoms with E-state index in [0.717, 1.165) is 37.5 Å². The maximum Gasteiger partial charge on any atom is 0.309 e. The average molecular weight is 412 g/mol. The van der Waals surface area contributed by atoms with Gasteiger partial charge in [0.15, 0.2) is 0 Å². The van der Waals surface area contributed by atoms with Crippen LogP contribution < -0.4 is 15.5 Å². The Labute approximate surface area is 176 Å². The molecule has 0 bridgehead atoms. The molecule has 1 aromatic carbocycles. The number of carbonyl (C=O) groups is 2. The largest absolute Gasteiger partial charge is 0.467 e. The highest BCUT2D eigenvalue weighted by molar-refractivity contribution is 6.35. The zero-order chi connectivity index (χ0) is 20.8. The zero-order valence-electron chi connectivity index (χ0n) is 17.0. The van der Waals surface area contributed by atoms with Gasteiger partial charge in [0.25, 0.3) is 0 Å². The standard InChI is InChI=1S/C22H28N4O4/c27-21(23-8-10-25-11-14-29-15-12-25)22(28)24-16-19(20-6-3-13-30-20)26-9-7-17-4-1-2-5-18(17)26/h1-6,13,19H,7-12,14-16H2,(H,23,27)(H,24,28)/t19-/m1/s1. The van der Waals surface area contributed by atoms with Gasteiger partial charge in [0.05, 0.1) is 19.5 Å². The monoisotopic (exact) mass is 412 g/mol. The third-order valence-electron chi connectivity index (χ3n) is 5.65. The number of ether oxygens (including phenoxy) is 1. The molecule has 2 aliphatic heterocycles. The third-order valence-corrected chi connectivity index (χ3v) is 5.65. The molecule has 3 heterocycles. The molecule has 2 amide bonds. The minimum Gasteiger partial charge on any atom is -0.467 e. The van der Waals surface area contributed by atoms with Crippen LogP contribution in [0, 0.1) is 0 Å². The number of morpholine rings is 1. The lowest BCUT2D eigenvalue weighted by molar-refractivity contribution is -0.139. The number of nitrogens with zero attached hydrogens (tertiary/aromatic N) is 2. The number of rotatable bonds is 7. The highest BCUT2D eigenvalue weighted by Gasteiger charge is 2.29. The molecule has 0 saturated carbocycles. The number of amides is 2. The van der Waals surface area contributed by atoms with Gasteiger partial charge in [-0.05, 0) is 30.2 Å². The van der Waals surface area contributed by atoms with Crippen LogP contribution in [0.4, 0.5) is 5.69 Å². The SMILES string of the molecule is O=C(NCCN1CCOCC1)C(=O)NC[C@H](c1ccco1)N1CCc2ccccc21. The quantitative estimate of drug-likeness (QED) is 0.659. The molecular formula is C22H28N4O4. The first-order valence-corrected chi connectivity index (χ1v) is 10.5. The number of hydrogen-bond donors (Lipinski definition) is 2. The number of para-hydroxylation sites is 1. The number of carbonyl (C=O) groups excluding carboxylic acids is 2. The normalized spacial score (nSPS) is 17.4. The Morgan fingerprint density at radius 1 is 1.00 bits per heavy atom. The number of hydrogen-bond acceptors (Lipinski definition) is 6. The van der Waals surface area contributed by atoms with Crippen molar-refractivity contribution in [2.24, 2.45) is 0 Å². The van der Waals surface area contributed by atoms with Gasteiger partial charge in [-0.1, -0.05) is 18.2 Å². The Morgan fingerprint density at radius 3 is 2.60 bits per heavy atom. The van der Waals surface area contributed by atoms with Gasteiger partial charge < -0.3 is 24.7 Å². The topological polar surface area (TPSA) is 87.0 Å². The minimum atomic E-state index is -0.624. The molecule has 4 rings (SSSR count). The Morgan fingerprint density at radius 2 is 1.80 bits per heavy atom. The molecule has 2 aromatic rings. The Kier molecular flexibility index (Phi) is 6.66. The number of fused-ring (bicyclic) bond motifs is 1. The Bertz CT molecular complexity index is 849. The number of anilines is 1. The van der Waals surface area contributed by atoms with E-state index in [1.54, 1.807) is 6.26 Å². The highest BCUT2D eigenvalue weighted by Crippen LogP contribution is 2.34. The van der Waals surface area contributed by atoms with Crippen LogP contribution >= 0.6 is 0 Å². The van der Waals surface area contributed by atoms with E-state index in [9.17, 15) is 9.59 Å². The number of benzene rings is 1. The lowest BCUT2D eigenvalue weighted by Gasteiger charge is -2.29. The fraction of sp³-hybridized carbons (Fsp3) is 0.455. The van der Waals surface area contributed by atoms with Gasteiger partial charge in [-0.3, -0.25) is 14.5 Å². The van der Waals surface area contributed by atoms with Gasteiger partial charge in [0.2, 0.25) is 0 Å². The minimum absolute atomic E-state index is 0.172. The molecule has 30 heavy (non-hydrogen) atoms. The first-order chi connectivity index (χ1) is 14.7. The van der Waals surface area contributed by atoms with Gasteiger partial charge in [-0.15, -0.1) is 0 Å². The summed E-state index contributed by atoms with van der Waals surface area (Å²) in [7, 11) is 0. The second kappa shape index (κ2) is 9.77. The van der Waals surface area contributed by atoms with Crippen LogP contribution in [0.25, 0.3) is 0 Å². The Hall–Kier alpha value is -2.84. The first-order valence-electron chi connectivity index (χ1n) is 10.5. The van der Waals surface area contributed by atoms with Crippen molar-refractivity contribution in [3.05, 3.63) is 54.0 Å². The van der Waals surface area contributed by atoms with Crippen molar-refractivity contribution in [3.8, 4) is 0 Å². The van der Waals surface area contributed by atoms with Gasteiger partial charge >= 0.3 is 11.8 Å². The predicted octanol–water partition coefficient (Wildman–Crippen LogP) is 0.948. The average Bonchev–Trinajstić information content (AvgIpc) is 3.45. The molecule has 0 unspecified atom stereocenters. The van der Waals surface area contributed by atoms with Crippen LogP contribution in [0.1, 0.15) is 17.4 Å². The second-order valence-electron chi connectivity index (χ2n) is 7.52. The molecule has 1 fully saturated rings. The van der Waals surface area contributed by atoms with Gasteiger partial charge in [-0.25, -0.2) is 0 Å². The van der Waals surface area contributed by atoms with E-state index in [1.165, 1.54) is 5.56 Å². The van der Waals surface area contributed by atoms with Crippen LogP contribution in [-0.4, -0.2) is 69.2 Å². The van der Waals surface area contributed by atoms with Crippen molar-refractivity contribution in [3.63, 3.8) is 0 Å². The van der Waals surface area contributed by atoms with Gasteiger partial charge in [0, 0.05) is 45.0 Å². The molecule has 1 atom stereocenters. The molecular weight excluding hydrogens is 384 g/mol. The number of nitrogens with one attached hydrogen (secondary N) is 2. The summed E-state index contributed by atoms with van der Waals surface area (Å²) in [5, 5.41) is 5.48. The maximum absolute atomic E-state index is 12.4. The summed E-state index contributed by atoms with van der Waals surface area (Å²) in [6.45, 7) is 5.40. The van der Waals surface area contributed by atoms with Crippen molar-refractivity contribution in [1.82, 2.24) is 15.5 Å². The summed E-state index contributed by atoms with van der Waals surface area (Å²) in [6.07, 6.45) is 2.58. The van der Waals surface area contributed by atoms with E-state index in [4.69, 9.17) is 9.15 Å². The van der Waals surface area contributed by atoms with Crippen LogP contribution in [-0.2, 0) is 20.7 Å². The summed E-state index contributed by atoms with van der Waals surface area (Å²) in [5.74, 6) is -0.468. The van der Waals surface area contributed by atoms with Crippen LogP contribution in [0.2, 0.25) is 0 Å². The number of furan rings is 1. The molecule has 0 spiro atoms. The zero-order valence-corrected chi connectivity index (χ0v) is 17.0. The van der Waals surface area contributed by atoms with E-state index in [-0.39, 0.29) is 12.6 Å². The van der Waals surface area contributed by atoms with E-state index in [1.807, 2.05) is 24.3 Å². The van der Waals surface area contributed by atoms with E-state index in [2.05, 4.69) is 32.6 Å². The lowest BCUT2D eigenvalue weighted by atomic mass is 10.1. The molecule has 1 aromatic heterocycles. The summed E-state index contributed by atoms with van der Waals surface area (Å²) < 4.78 is 10.9. The molecule has 2 aliphatic rings. The smallest absolute Gasteiger partial charge is 0.309 e. The lowest BCUT2D eigenvalue weighted by Crippen LogP contribution is -2.46. The summed E-state index contributed by atoms with van der Waals surface area (Å²) >= 11 is 0. The summed E-state index contributed by atoms with van der Waals surface area (Å²) in [6, 6.07) is 11.8.